The van der Waals surface area contributed by atoms with Crippen molar-refractivity contribution in [3.05, 3.63) is 60.2 Å². The molecule has 0 spiro atoms. The van der Waals surface area contributed by atoms with E-state index in [2.05, 4.69) is 61.5 Å². The molecule has 1 unspecified atom stereocenters. The van der Waals surface area contributed by atoms with E-state index in [1.807, 2.05) is 0 Å². The van der Waals surface area contributed by atoms with Gasteiger partial charge in [-0.2, -0.15) is 9.90 Å². The molecule has 0 aromatic heterocycles. The molecule has 90 valence electrons. The molecule has 2 rings (SSSR count). The van der Waals surface area contributed by atoms with Crippen LogP contribution >= 0.6 is 9.90 Å². The first-order chi connectivity index (χ1) is 7.92. The summed E-state index contributed by atoms with van der Waals surface area (Å²) in [5.74, 6) is 0. The summed E-state index contributed by atoms with van der Waals surface area (Å²) in [6.07, 6.45) is 3.70. The molecule has 0 aliphatic carbocycles. The van der Waals surface area contributed by atoms with Gasteiger partial charge in [0.1, 0.15) is 0 Å². The Hall–Kier alpha value is -1.13. The highest BCUT2D eigenvalue weighted by Crippen LogP contribution is 2.24. The Morgan fingerprint density at radius 2 is 1.47 bits per heavy atom. The third kappa shape index (κ3) is 3.68. The highest BCUT2D eigenvalue weighted by atomic mass is 31.0. The van der Waals surface area contributed by atoms with Crippen LogP contribution in [0.3, 0.4) is 0 Å². The number of benzene rings is 2. The van der Waals surface area contributed by atoms with Gasteiger partial charge in [0.2, 0.25) is 0 Å². The van der Waals surface area contributed by atoms with Gasteiger partial charge in [0, 0.05) is 0 Å². The van der Waals surface area contributed by atoms with Crippen molar-refractivity contribution in [2.75, 3.05) is 0 Å². The minimum atomic E-state index is 0. The van der Waals surface area contributed by atoms with Crippen LogP contribution < -0.4 is 0 Å². The van der Waals surface area contributed by atoms with E-state index in [0.29, 0.717) is 0 Å². The molecular formula is C16H21P. The monoisotopic (exact) mass is 244 g/mol. The van der Waals surface area contributed by atoms with E-state index in [0.717, 1.165) is 0 Å². The highest BCUT2D eigenvalue weighted by molar-refractivity contribution is 6.92. The van der Waals surface area contributed by atoms with Gasteiger partial charge in [0.15, 0.2) is 0 Å². The molecule has 0 saturated heterocycles. The number of unbranched alkanes of at least 4 members (excludes halogenated alkanes) is 1. The second kappa shape index (κ2) is 7.25. The minimum Gasteiger partial charge on any atom is -0.153 e. The Bertz CT molecular complexity index is 434. The summed E-state index contributed by atoms with van der Waals surface area (Å²) in [4.78, 5) is 0. The topological polar surface area (TPSA) is 0 Å². The fraction of sp³-hybridized carbons (Fsp3) is 0.250. The Kier molecular flexibility index (Phi) is 5.94. The summed E-state index contributed by atoms with van der Waals surface area (Å²) in [5, 5.41) is 0. The van der Waals surface area contributed by atoms with Gasteiger partial charge in [0.05, 0.1) is 0 Å². The Morgan fingerprint density at radius 1 is 0.824 bits per heavy atom. The van der Waals surface area contributed by atoms with Crippen molar-refractivity contribution < 1.29 is 0 Å². The van der Waals surface area contributed by atoms with Gasteiger partial charge in [-0.05, 0) is 29.5 Å². The third-order valence-electron chi connectivity index (χ3n) is 2.90. The van der Waals surface area contributed by atoms with Gasteiger partial charge in [-0.15, -0.1) is 0 Å². The molecule has 2 aromatic carbocycles. The maximum atomic E-state index is 2.25. The van der Waals surface area contributed by atoms with Crippen molar-refractivity contribution in [2.24, 2.45) is 0 Å². The van der Waals surface area contributed by atoms with Crippen LogP contribution in [0.15, 0.2) is 54.6 Å². The zero-order valence-corrected chi connectivity index (χ0v) is 11.9. The second-order valence-electron chi connectivity index (χ2n) is 4.13. The molecule has 0 heterocycles. The first kappa shape index (κ1) is 13.9. The van der Waals surface area contributed by atoms with Gasteiger partial charge >= 0.3 is 0 Å². The standard InChI is InChI=1S/C16H18.H3P/c1-2-3-9-14-12-7-8-13-16(14)15-10-5-4-6-11-15;/h4-8,10-13H,2-3,9H2,1H3;1H3. The van der Waals surface area contributed by atoms with Crippen LogP contribution in [-0.2, 0) is 6.42 Å². The van der Waals surface area contributed by atoms with E-state index >= 15 is 0 Å². The first-order valence-corrected chi connectivity index (χ1v) is 6.05. The molecular weight excluding hydrogens is 223 g/mol. The molecule has 0 aliphatic rings. The molecule has 0 radical (unpaired) electrons. The van der Waals surface area contributed by atoms with Crippen molar-refractivity contribution in [2.45, 2.75) is 26.2 Å². The fourth-order valence-electron chi connectivity index (χ4n) is 2.00. The first-order valence-electron chi connectivity index (χ1n) is 6.05. The predicted octanol–water partition coefficient (Wildman–Crippen LogP) is 4.75. The zero-order valence-electron chi connectivity index (χ0n) is 10.5. The van der Waals surface area contributed by atoms with E-state index < -0.39 is 0 Å². The number of hydrogen-bond acceptors (Lipinski definition) is 0. The molecule has 0 amide bonds. The fourth-order valence-corrected chi connectivity index (χ4v) is 2.00. The van der Waals surface area contributed by atoms with Crippen molar-refractivity contribution in [1.82, 2.24) is 0 Å². The van der Waals surface area contributed by atoms with Crippen molar-refractivity contribution >= 4 is 9.90 Å². The van der Waals surface area contributed by atoms with Crippen molar-refractivity contribution in [1.29, 1.82) is 0 Å². The normalized spacial score (nSPS) is 9.71. The van der Waals surface area contributed by atoms with E-state index in [1.54, 1.807) is 0 Å². The Balaban J connectivity index is 0.00000144. The SMILES string of the molecule is CCCCc1ccccc1-c1ccccc1.P. The largest absolute Gasteiger partial charge is 0.153 e. The number of hydrogen-bond donors (Lipinski definition) is 0. The quantitative estimate of drug-likeness (QED) is 0.680. The molecule has 0 fully saturated rings. The van der Waals surface area contributed by atoms with Crippen LogP contribution in [-0.4, -0.2) is 0 Å². The van der Waals surface area contributed by atoms with Crippen molar-refractivity contribution in [3.8, 4) is 11.1 Å². The van der Waals surface area contributed by atoms with Gasteiger partial charge in [-0.25, -0.2) is 0 Å². The maximum Gasteiger partial charge on any atom is -0.0152 e. The van der Waals surface area contributed by atoms with E-state index in [9.17, 15) is 0 Å². The van der Waals surface area contributed by atoms with Crippen LogP contribution in [0.1, 0.15) is 25.3 Å². The maximum absolute atomic E-state index is 2.25. The lowest BCUT2D eigenvalue weighted by atomic mass is 9.96. The lowest BCUT2D eigenvalue weighted by Crippen LogP contribution is -1.89. The zero-order chi connectivity index (χ0) is 11.2. The summed E-state index contributed by atoms with van der Waals surface area (Å²) in [7, 11) is 0. The summed E-state index contributed by atoms with van der Waals surface area (Å²) in [6.45, 7) is 2.24. The number of rotatable bonds is 4. The summed E-state index contributed by atoms with van der Waals surface area (Å²) in [6, 6.07) is 19.4. The van der Waals surface area contributed by atoms with Gasteiger partial charge < -0.3 is 0 Å². The molecule has 0 aliphatic heterocycles. The average molecular weight is 244 g/mol. The smallest absolute Gasteiger partial charge is 0.0152 e. The highest BCUT2D eigenvalue weighted by Gasteiger charge is 2.02. The lowest BCUT2D eigenvalue weighted by Gasteiger charge is -2.08. The molecule has 0 nitrogen and oxygen atoms in total. The average Bonchev–Trinajstić information content (AvgIpc) is 2.38. The van der Waals surface area contributed by atoms with E-state index in [1.165, 1.54) is 36.0 Å². The molecule has 0 bridgehead atoms. The Labute approximate surface area is 108 Å². The molecule has 2 aromatic rings. The van der Waals surface area contributed by atoms with Gasteiger partial charge in [-0.3, -0.25) is 0 Å². The predicted molar refractivity (Wildman–Crippen MR) is 81.6 cm³/mol. The molecule has 1 heteroatoms. The number of aryl methyl sites for hydroxylation is 1. The third-order valence-corrected chi connectivity index (χ3v) is 2.90. The van der Waals surface area contributed by atoms with Crippen LogP contribution in [0.25, 0.3) is 11.1 Å². The van der Waals surface area contributed by atoms with Gasteiger partial charge in [0.25, 0.3) is 0 Å². The Morgan fingerprint density at radius 3 is 2.18 bits per heavy atom. The molecule has 1 atom stereocenters. The second-order valence-corrected chi connectivity index (χ2v) is 4.13. The van der Waals surface area contributed by atoms with E-state index in [4.69, 9.17) is 0 Å². The van der Waals surface area contributed by atoms with E-state index in [-0.39, 0.29) is 9.90 Å². The summed E-state index contributed by atoms with van der Waals surface area (Å²) in [5.41, 5.74) is 4.18. The van der Waals surface area contributed by atoms with Crippen molar-refractivity contribution in [3.63, 3.8) is 0 Å². The summed E-state index contributed by atoms with van der Waals surface area (Å²) >= 11 is 0. The van der Waals surface area contributed by atoms with Crippen LogP contribution in [0.4, 0.5) is 0 Å². The molecule has 0 saturated carbocycles. The summed E-state index contributed by atoms with van der Waals surface area (Å²) < 4.78 is 0. The molecule has 17 heavy (non-hydrogen) atoms. The van der Waals surface area contributed by atoms with Crippen LogP contribution in [0, 0.1) is 0 Å². The molecule has 0 N–H and O–H groups in total. The minimum absolute atomic E-state index is 0. The van der Waals surface area contributed by atoms with Gasteiger partial charge in [-0.1, -0.05) is 67.9 Å². The van der Waals surface area contributed by atoms with Crippen LogP contribution in [0.2, 0.25) is 0 Å². The lowest BCUT2D eigenvalue weighted by molar-refractivity contribution is 0.796. The van der Waals surface area contributed by atoms with Crippen LogP contribution in [0.5, 0.6) is 0 Å².